The number of benzene rings is 1. The van der Waals surface area contributed by atoms with E-state index < -0.39 is 0 Å². The Kier molecular flexibility index (Phi) is 8.05. The highest BCUT2D eigenvalue weighted by atomic mass is 16.5. The average Bonchev–Trinajstić information content (AvgIpc) is 3.10. The number of hydrogen-bond acceptors (Lipinski definition) is 3. The van der Waals surface area contributed by atoms with Crippen LogP contribution in [0.15, 0.2) is 35.3 Å². The lowest BCUT2D eigenvalue weighted by atomic mass is 10.1. The largest absolute Gasteiger partial charge is 0.376 e. The van der Waals surface area contributed by atoms with Crippen LogP contribution in [0.3, 0.4) is 0 Å². The molecule has 0 saturated carbocycles. The summed E-state index contributed by atoms with van der Waals surface area (Å²) in [5, 5.41) is 6.75. The van der Waals surface area contributed by atoms with Gasteiger partial charge in [-0.25, -0.2) is 0 Å². The molecule has 0 radical (unpaired) electrons. The molecule has 0 spiro atoms. The molecule has 0 amide bonds. The summed E-state index contributed by atoms with van der Waals surface area (Å²) >= 11 is 0. The fourth-order valence-electron chi connectivity index (χ4n) is 2.85. The van der Waals surface area contributed by atoms with Gasteiger partial charge in [0.2, 0.25) is 0 Å². The molecular weight excluding hydrogens is 300 g/mol. The highest BCUT2D eigenvalue weighted by molar-refractivity contribution is 5.79. The van der Waals surface area contributed by atoms with Crippen molar-refractivity contribution >= 4 is 5.96 Å². The van der Waals surface area contributed by atoms with Crippen LogP contribution in [0.5, 0.6) is 0 Å². The third-order valence-electron chi connectivity index (χ3n) is 4.37. The van der Waals surface area contributed by atoms with Crippen LogP contribution in [0.4, 0.5) is 0 Å². The standard InChI is InChI=1S/C19H32N4O/c1-4-20-19(22-15-18-11-8-12-24-18)21-14-17(23(2)3)13-16-9-6-5-7-10-16/h5-7,9-10,17-18H,4,8,11-15H2,1-3H3,(H2,20,21,22). The topological polar surface area (TPSA) is 48.9 Å². The number of rotatable bonds is 8. The predicted molar refractivity (Wildman–Crippen MR) is 101 cm³/mol. The number of nitrogens with one attached hydrogen (secondary N) is 2. The van der Waals surface area contributed by atoms with Gasteiger partial charge in [-0.15, -0.1) is 0 Å². The summed E-state index contributed by atoms with van der Waals surface area (Å²) in [7, 11) is 4.24. The third kappa shape index (κ3) is 6.49. The van der Waals surface area contributed by atoms with Crippen LogP contribution in [0.1, 0.15) is 25.3 Å². The van der Waals surface area contributed by atoms with Crippen LogP contribution in [0.2, 0.25) is 0 Å². The number of aliphatic imine (C=N–C) groups is 1. The van der Waals surface area contributed by atoms with Gasteiger partial charge in [-0.05, 0) is 45.8 Å². The Labute approximate surface area is 146 Å². The minimum Gasteiger partial charge on any atom is -0.376 e. The Morgan fingerprint density at radius 2 is 2.08 bits per heavy atom. The summed E-state index contributed by atoms with van der Waals surface area (Å²) < 4.78 is 5.67. The summed E-state index contributed by atoms with van der Waals surface area (Å²) in [4.78, 5) is 7.04. The van der Waals surface area contributed by atoms with E-state index in [1.54, 1.807) is 0 Å². The normalized spacial score (nSPS) is 19.5. The Morgan fingerprint density at radius 1 is 1.29 bits per heavy atom. The first-order valence-electron chi connectivity index (χ1n) is 9.03. The van der Waals surface area contributed by atoms with Gasteiger partial charge in [0.1, 0.15) is 0 Å². The Balaban J connectivity index is 1.90. The molecule has 1 fully saturated rings. The van der Waals surface area contributed by atoms with Crippen molar-refractivity contribution in [1.29, 1.82) is 0 Å². The summed E-state index contributed by atoms with van der Waals surface area (Å²) in [5.41, 5.74) is 1.35. The van der Waals surface area contributed by atoms with E-state index in [1.807, 2.05) is 0 Å². The van der Waals surface area contributed by atoms with Gasteiger partial charge < -0.3 is 20.3 Å². The molecule has 1 aromatic carbocycles. The van der Waals surface area contributed by atoms with Crippen molar-refractivity contribution in [2.24, 2.45) is 4.99 Å². The molecule has 24 heavy (non-hydrogen) atoms. The maximum absolute atomic E-state index is 5.67. The van der Waals surface area contributed by atoms with Crippen LogP contribution in [-0.4, -0.2) is 63.3 Å². The fourth-order valence-corrected chi connectivity index (χ4v) is 2.85. The molecule has 134 valence electrons. The number of likely N-dealkylation sites (N-methyl/N-ethyl adjacent to an activating group) is 1. The van der Waals surface area contributed by atoms with E-state index in [0.29, 0.717) is 12.1 Å². The lowest BCUT2D eigenvalue weighted by molar-refractivity contribution is 0.114. The van der Waals surface area contributed by atoms with Crippen LogP contribution in [0.25, 0.3) is 0 Å². The van der Waals surface area contributed by atoms with Crippen LogP contribution < -0.4 is 10.6 Å². The van der Waals surface area contributed by atoms with E-state index in [4.69, 9.17) is 9.73 Å². The summed E-state index contributed by atoms with van der Waals surface area (Å²) in [6.45, 7) is 5.44. The molecule has 1 aliphatic heterocycles. The molecule has 0 bridgehead atoms. The third-order valence-corrected chi connectivity index (χ3v) is 4.37. The number of ether oxygens (including phenoxy) is 1. The smallest absolute Gasteiger partial charge is 0.191 e. The summed E-state index contributed by atoms with van der Waals surface area (Å²) in [6.07, 6.45) is 3.63. The summed E-state index contributed by atoms with van der Waals surface area (Å²) in [6, 6.07) is 11.0. The Morgan fingerprint density at radius 3 is 2.71 bits per heavy atom. The van der Waals surface area contributed by atoms with Gasteiger partial charge in [0.15, 0.2) is 5.96 Å². The van der Waals surface area contributed by atoms with Crippen molar-refractivity contribution in [1.82, 2.24) is 15.5 Å². The summed E-state index contributed by atoms with van der Waals surface area (Å²) in [5.74, 6) is 0.882. The van der Waals surface area contributed by atoms with Crippen molar-refractivity contribution in [3.05, 3.63) is 35.9 Å². The van der Waals surface area contributed by atoms with Crippen LogP contribution in [0, 0.1) is 0 Å². The molecule has 2 unspecified atom stereocenters. The van der Waals surface area contributed by atoms with Crippen molar-refractivity contribution in [3.8, 4) is 0 Å². The molecule has 5 nitrogen and oxygen atoms in total. The second kappa shape index (κ2) is 10.3. The quantitative estimate of drug-likeness (QED) is 0.564. The second-order valence-electron chi connectivity index (χ2n) is 6.54. The van der Waals surface area contributed by atoms with Gasteiger partial charge in [-0.2, -0.15) is 0 Å². The van der Waals surface area contributed by atoms with Crippen molar-refractivity contribution in [2.75, 3.05) is 40.3 Å². The fraction of sp³-hybridized carbons (Fsp3) is 0.632. The molecule has 5 heteroatoms. The van der Waals surface area contributed by atoms with E-state index in [1.165, 1.54) is 12.0 Å². The first-order chi connectivity index (χ1) is 11.7. The van der Waals surface area contributed by atoms with E-state index in [-0.39, 0.29) is 0 Å². The van der Waals surface area contributed by atoms with Crippen LogP contribution >= 0.6 is 0 Å². The van der Waals surface area contributed by atoms with Gasteiger partial charge in [0, 0.05) is 25.7 Å². The molecule has 0 aliphatic carbocycles. The zero-order valence-corrected chi connectivity index (χ0v) is 15.3. The monoisotopic (exact) mass is 332 g/mol. The molecule has 2 atom stereocenters. The Bertz CT molecular complexity index is 483. The molecule has 0 aromatic heterocycles. The van der Waals surface area contributed by atoms with E-state index in [9.17, 15) is 0 Å². The van der Waals surface area contributed by atoms with E-state index >= 15 is 0 Å². The molecule has 1 aliphatic rings. The molecule has 1 saturated heterocycles. The lowest BCUT2D eigenvalue weighted by Gasteiger charge is -2.23. The molecule has 1 aromatic rings. The van der Waals surface area contributed by atoms with Gasteiger partial charge in [0.25, 0.3) is 0 Å². The van der Waals surface area contributed by atoms with Crippen molar-refractivity contribution in [3.63, 3.8) is 0 Å². The van der Waals surface area contributed by atoms with Gasteiger partial charge >= 0.3 is 0 Å². The molecule has 2 rings (SSSR count). The van der Waals surface area contributed by atoms with Gasteiger partial charge in [-0.1, -0.05) is 30.3 Å². The number of nitrogens with zero attached hydrogens (tertiary/aromatic N) is 2. The number of guanidine groups is 1. The van der Waals surface area contributed by atoms with Gasteiger partial charge in [0.05, 0.1) is 12.6 Å². The first kappa shape index (κ1) is 18.7. The van der Waals surface area contributed by atoms with Crippen molar-refractivity contribution in [2.45, 2.75) is 38.3 Å². The first-order valence-corrected chi connectivity index (χ1v) is 9.03. The predicted octanol–water partition coefficient (Wildman–Crippen LogP) is 1.89. The second-order valence-corrected chi connectivity index (χ2v) is 6.54. The zero-order valence-electron chi connectivity index (χ0n) is 15.3. The van der Waals surface area contributed by atoms with Crippen molar-refractivity contribution < 1.29 is 4.74 Å². The van der Waals surface area contributed by atoms with Crippen LogP contribution in [-0.2, 0) is 11.2 Å². The zero-order chi connectivity index (χ0) is 17.2. The average molecular weight is 332 g/mol. The highest BCUT2D eigenvalue weighted by Crippen LogP contribution is 2.10. The molecular formula is C19H32N4O. The molecule has 1 heterocycles. The minimum absolute atomic E-state index is 0.322. The minimum atomic E-state index is 0.322. The lowest BCUT2D eigenvalue weighted by Crippen LogP contribution is -2.42. The number of hydrogen-bond donors (Lipinski definition) is 2. The maximum Gasteiger partial charge on any atom is 0.191 e. The van der Waals surface area contributed by atoms with Gasteiger partial charge in [-0.3, -0.25) is 4.99 Å². The Hall–Kier alpha value is -1.59. The molecule has 2 N–H and O–H groups in total. The maximum atomic E-state index is 5.67. The van der Waals surface area contributed by atoms with E-state index in [0.717, 1.165) is 45.0 Å². The highest BCUT2D eigenvalue weighted by Gasteiger charge is 2.16. The SMILES string of the molecule is CCNC(=NCC(Cc1ccccc1)N(C)C)NCC1CCCO1. The van der Waals surface area contributed by atoms with E-state index in [2.05, 4.69) is 66.9 Å².